The molecule has 6 aromatic rings. The Morgan fingerprint density at radius 1 is 0.978 bits per heavy atom. The molecule has 0 spiro atoms. The Morgan fingerprint density at radius 3 is 2.53 bits per heavy atom. The minimum Gasteiger partial charge on any atom is -0.508 e. The van der Waals surface area contributed by atoms with Gasteiger partial charge in [-0.05, 0) is 79.2 Å². The van der Waals surface area contributed by atoms with Crippen LogP contribution < -0.4 is 16.4 Å². The Labute approximate surface area is 261 Å². The van der Waals surface area contributed by atoms with Crippen molar-refractivity contribution in [3.8, 4) is 5.75 Å². The Hall–Kier alpha value is -4.93. The molecule has 1 fully saturated rings. The topological polar surface area (TPSA) is 150 Å². The number of phenolic OH excluding ortho intramolecular Hbond substituents is 1. The van der Waals surface area contributed by atoms with E-state index in [0.29, 0.717) is 51.1 Å². The summed E-state index contributed by atoms with van der Waals surface area (Å²) in [5.74, 6) is 1.53. The number of aromatic nitrogens is 5. The quantitative estimate of drug-likeness (QED) is 0.138. The van der Waals surface area contributed by atoms with Crippen LogP contribution in [-0.4, -0.2) is 54.4 Å². The van der Waals surface area contributed by atoms with E-state index in [0.717, 1.165) is 45.5 Å². The van der Waals surface area contributed by atoms with E-state index >= 15 is 0 Å². The van der Waals surface area contributed by atoms with Crippen molar-refractivity contribution in [3.63, 3.8) is 0 Å². The zero-order valence-electron chi connectivity index (χ0n) is 25.1. The van der Waals surface area contributed by atoms with Gasteiger partial charge in [0.2, 0.25) is 5.91 Å². The number of benzene rings is 3. The van der Waals surface area contributed by atoms with Crippen molar-refractivity contribution in [1.82, 2.24) is 35.4 Å². The number of hydrogen-bond acceptors (Lipinski definition) is 6. The van der Waals surface area contributed by atoms with Gasteiger partial charge >= 0.3 is 0 Å². The molecular weight excluding hydrogens is 564 g/mol. The molecule has 0 aliphatic carbocycles. The van der Waals surface area contributed by atoms with E-state index < -0.39 is 11.6 Å². The summed E-state index contributed by atoms with van der Waals surface area (Å²) in [5.41, 5.74) is 11.1. The Bertz CT molecular complexity index is 1900. The van der Waals surface area contributed by atoms with Crippen LogP contribution in [0.4, 0.5) is 0 Å². The van der Waals surface area contributed by atoms with Crippen LogP contribution in [0, 0.1) is 0 Å². The Morgan fingerprint density at radius 2 is 1.73 bits per heavy atom. The van der Waals surface area contributed by atoms with E-state index in [1.165, 1.54) is 5.39 Å². The fourth-order valence-corrected chi connectivity index (χ4v) is 6.39. The molecule has 0 saturated carbocycles. The number of phenols is 1. The zero-order valence-corrected chi connectivity index (χ0v) is 25.1. The van der Waals surface area contributed by atoms with Gasteiger partial charge in [-0.15, -0.1) is 10.2 Å². The van der Waals surface area contributed by atoms with Crippen molar-refractivity contribution in [1.29, 1.82) is 0 Å². The van der Waals surface area contributed by atoms with Crippen LogP contribution in [0.1, 0.15) is 47.4 Å². The molecule has 1 aliphatic heterocycles. The highest BCUT2D eigenvalue weighted by Gasteiger charge is 2.37. The fourth-order valence-electron chi connectivity index (χ4n) is 6.39. The van der Waals surface area contributed by atoms with E-state index in [1.807, 2.05) is 48.7 Å². The summed E-state index contributed by atoms with van der Waals surface area (Å²) in [5, 5.41) is 28.3. The minimum atomic E-state index is -0.954. The number of rotatable bonds is 10. The predicted octanol–water partition coefficient (Wildman–Crippen LogP) is 4.26. The Kier molecular flexibility index (Phi) is 7.83. The lowest BCUT2D eigenvalue weighted by atomic mass is 9.88. The molecule has 230 valence electrons. The highest BCUT2D eigenvalue weighted by Crippen LogP contribution is 2.27. The summed E-state index contributed by atoms with van der Waals surface area (Å²) >= 11 is 0. The first kappa shape index (κ1) is 28.8. The zero-order chi connectivity index (χ0) is 30.8. The number of para-hydroxylation sites is 2. The van der Waals surface area contributed by atoms with Crippen LogP contribution in [-0.2, 0) is 30.6 Å². The lowest BCUT2D eigenvalue weighted by molar-refractivity contribution is -0.128. The van der Waals surface area contributed by atoms with Crippen molar-refractivity contribution < 1.29 is 9.90 Å². The van der Waals surface area contributed by atoms with Gasteiger partial charge in [-0.1, -0.05) is 48.5 Å². The van der Waals surface area contributed by atoms with Crippen molar-refractivity contribution in [2.24, 2.45) is 5.73 Å². The maximum absolute atomic E-state index is 13.8. The summed E-state index contributed by atoms with van der Waals surface area (Å²) in [6.45, 7) is 1.89. The second kappa shape index (κ2) is 12.2. The number of nitrogens with zero attached hydrogens (tertiary/aromatic N) is 3. The van der Waals surface area contributed by atoms with E-state index in [9.17, 15) is 9.90 Å². The second-order valence-electron chi connectivity index (χ2n) is 12.1. The van der Waals surface area contributed by atoms with E-state index in [-0.39, 0.29) is 11.7 Å². The highest BCUT2D eigenvalue weighted by molar-refractivity contribution is 5.87. The number of carbonyl (C=O) groups excluding carboxylic acids is 1. The third kappa shape index (κ3) is 6.07. The maximum atomic E-state index is 13.8. The van der Waals surface area contributed by atoms with Gasteiger partial charge in [0.15, 0.2) is 5.82 Å². The summed E-state index contributed by atoms with van der Waals surface area (Å²) in [4.78, 5) is 20.7. The molecule has 0 radical (unpaired) electrons. The van der Waals surface area contributed by atoms with Crippen LogP contribution in [0.15, 0.2) is 85.1 Å². The number of aryl methyl sites for hydroxylation is 2. The fraction of sp³-hybridized carbons (Fsp3) is 0.286. The minimum absolute atomic E-state index is 0.173. The highest BCUT2D eigenvalue weighted by atomic mass is 16.3. The number of hydrogen-bond donors (Lipinski definition) is 6. The number of fused-ring (bicyclic) bond motifs is 2. The molecule has 1 atom stereocenters. The monoisotopic (exact) mass is 602 g/mol. The van der Waals surface area contributed by atoms with Crippen LogP contribution >= 0.6 is 0 Å². The SMILES string of the molecule is NC1(C(=O)N[C@H](Cc2c[nH]c3ccccc23)c2nnc(CCc3cc4ccccc4[nH]3)n2Cc2ccc(O)cc2)CCNCC1. The number of nitrogens with two attached hydrogens (primary N) is 1. The lowest BCUT2D eigenvalue weighted by Crippen LogP contribution is -2.59. The third-order valence-electron chi connectivity index (χ3n) is 9.00. The number of carbonyl (C=O) groups is 1. The molecule has 3 aromatic heterocycles. The van der Waals surface area contributed by atoms with E-state index in [1.54, 1.807) is 12.1 Å². The largest absolute Gasteiger partial charge is 0.508 e. The second-order valence-corrected chi connectivity index (χ2v) is 12.1. The van der Waals surface area contributed by atoms with Crippen molar-refractivity contribution in [2.75, 3.05) is 13.1 Å². The van der Waals surface area contributed by atoms with Gasteiger partial charge in [0.1, 0.15) is 11.6 Å². The number of nitrogens with one attached hydrogen (secondary N) is 4. The normalized spacial score (nSPS) is 15.4. The molecule has 0 bridgehead atoms. The first-order chi connectivity index (χ1) is 21.9. The average molecular weight is 603 g/mol. The summed E-state index contributed by atoms with van der Waals surface area (Å²) < 4.78 is 2.11. The van der Waals surface area contributed by atoms with Crippen LogP contribution in [0.3, 0.4) is 0 Å². The van der Waals surface area contributed by atoms with Crippen molar-refractivity contribution >= 4 is 27.7 Å². The number of amides is 1. The smallest absolute Gasteiger partial charge is 0.240 e. The molecule has 45 heavy (non-hydrogen) atoms. The van der Waals surface area contributed by atoms with E-state index in [2.05, 4.69) is 49.4 Å². The van der Waals surface area contributed by atoms with Gasteiger partial charge in [-0.3, -0.25) is 4.79 Å². The molecule has 1 saturated heterocycles. The number of piperidine rings is 1. The number of aromatic hydroxyl groups is 1. The molecule has 4 heterocycles. The lowest BCUT2D eigenvalue weighted by Gasteiger charge is -2.34. The molecular formula is C35H38N8O2. The first-order valence-corrected chi connectivity index (χ1v) is 15.6. The van der Waals surface area contributed by atoms with Crippen LogP contribution in [0.5, 0.6) is 5.75 Å². The maximum Gasteiger partial charge on any atom is 0.240 e. The summed E-state index contributed by atoms with van der Waals surface area (Å²) in [7, 11) is 0. The number of aromatic amines is 2. The molecule has 10 nitrogen and oxygen atoms in total. The van der Waals surface area contributed by atoms with Crippen molar-refractivity contribution in [2.45, 2.75) is 50.2 Å². The summed E-state index contributed by atoms with van der Waals surface area (Å²) in [6.07, 6.45) is 5.05. The van der Waals surface area contributed by atoms with Gasteiger partial charge in [0.05, 0.1) is 18.1 Å². The molecule has 7 N–H and O–H groups in total. The van der Waals surface area contributed by atoms with Gasteiger partial charge in [-0.2, -0.15) is 0 Å². The molecule has 7 rings (SSSR count). The number of H-pyrrole nitrogens is 2. The van der Waals surface area contributed by atoms with Crippen LogP contribution in [0.25, 0.3) is 21.8 Å². The molecule has 0 unspecified atom stereocenters. The molecule has 3 aromatic carbocycles. The van der Waals surface area contributed by atoms with E-state index in [4.69, 9.17) is 15.9 Å². The third-order valence-corrected chi connectivity index (χ3v) is 9.00. The van der Waals surface area contributed by atoms with Gasteiger partial charge < -0.3 is 36.0 Å². The molecule has 10 heteroatoms. The van der Waals surface area contributed by atoms with Gasteiger partial charge in [0, 0.05) is 41.2 Å². The summed E-state index contributed by atoms with van der Waals surface area (Å²) in [6, 6.07) is 25.3. The van der Waals surface area contributed by atoms with Gasteiger partial charge in [-0.25, -0.2) is 0 Å². The molecule has 1 amide bonds. The Balaban J connectivity index is 1.25. The standard InChI is InChI=1S/C35H38N8O2/c36-35(15-17-37-18-16-35)34(45)40-31(20-25-21-38-30-8-4-2-6-28(25)30)33-42-41-32(43(33)22-23-9-12-27(44)13-10-23)14-11-26-19-24-5-1-3-7-29(24)39-26/h1-10,12-13,19,21,31,37-39,44H,11,14-18,20,22,36H2,(H,40,45)/t31-/m1/s1. The first-order valence-electron chi connectivity index (χ1n) is 15.6. The molecule has 1 aliphatic rings. The average Bonchev–Trinajstić information content (AvgIpc) is 3.78. The predicted molar refractivity (Wildman–Crippen MR) is 175 cm³/mol. The van der Waals surface area contributed by atoms with Crippen molar-refractivity contribution in [3.05, 3.63) is 114 Å². The van der Waals surface area contributed by atoms with Gasteiger partial charge in [0.25, 0.3) is 0 Å². The van der Waals surface area contributed by atoms with Crippen LogP contribution in [0.2, 0.25) is 0 Å².